The molecule has 2 bridgehead atoms. The molecular weight excluding hydrogens is 358 g/mol. The van der Waals surface area contributed by atoms with Crippen LogP contribution < -0.4 is 5.32 Å². The number of anilines is 1. The normalized spacial score (nSPS) is 29.6. The molecule has 4 atom stereocenters. The summed E-state index contributed by atoms with van der Waals surface area (Å²) in [6, 6.07) is 5.08. The highest BCUT2D eigenvalue weighted by Gasteiger charge is 2.51. The summed E-state index contributed by atoms with van der Waals surface area (Å²) in [5.74, 6) is -2.28. The summed E-state index contributed by atoms with van der Waals surface area (Å²) in [7, 11) is 0. The van der Waals surface area contributed by atoms with Crippen LogP contribution in [0.2, 0.25) is 5.02 Å². The molecule has 1 aromatic rings. The first-order chi connectivity index (χ1) is 9.97. The van der Waals surface area contributed by atoms with Gasteiger partial charge < -0.3 is 10.4 Å². The fourth-order valence-corrected chi connectivity index (χ4v) is 3.81. The maximum Gasteiger partial charge on any atom is 0.307 e. The van der Waals surface area contributed by atoms with E-state index >= 15 is 0 Å². The zero-order valence-electron chi connectivity index (χ0n) is 10.9. The Hall–Kier alpha value is -1.33. The molecule has 1 aromatic carbocycles. The second-order valence-corrected chi connectivity index (χ2v) is 6.72. The summed E-state index contributed by atoms with van der Waals surface area (Å²) >= 11 is 9.21. The Labute approximate surface area is 135 Å². The summed E-state index contributed by atoms with van der Waals surface area (Å²) < 4.78 is 0.685. The SMILES string of the molecule is O=C(O)C1C2C=CC(C2)C1C(=O)Nc1ccc(Cl)c(Br)c1. The van der Waals surface area contributed by atoms with Gasteiger partial charge in [0.1, 0.15) is 0 Å². The van der Waals surface area contributed by atoms with E-state index in [1.807, 2.05) is 12.2 Å². The third-order valence-corrected chi connectivity index (χ3v) is 5.45. The number of hydrogen-bond donors (Lipinski definition) is 2. The Morgan fingerprint density at radius 2 is 1.90 bits per heavy atom. The van der Waals surface area contributed by atoms with Crippen molar-refractivity contribution in [1.82, 2.24) is 0 Å². The molecule has 0 heterocycles. The van der Waals surface area contributed by atoms with E-state index in [2.05, 4.69) is 21.2 Å². The molecule has 0 aliphatic heterocycles. The van der Waals surface area contributed by atoms with Gasteiger partial charge in [0.2, 0.25) is 5.91 Å². The monoisotopic (exact) mass is 369 g/mol. The molecule has 0 radical (unpaired) electrons. The number of benzene rings is 1. The van der Waals surface area contributed by atoms with Crippen molar-refractivity contribution in [3.63, 3.8) is 0 Å². The Morgan fingerprint density at radius 1 is 1.24 bits per heavy atom. The van der Waals surface area contributed by atoms with Gasteiger partial charge in [-0.2, -0.15) is 0 Å². The summed E-state index contributed by atoms with van der Waals surface area (Å²) in [5.41, 5.74) is 0.604. The minimum absolute atomic E-state index is 0.0202. The number of amides is 1. The third-order valence-electron chi connectivity index (χ3n) is 4.23. The van der Waals surface area contributed by atoms with E-state index in [-0.39, 0.29) is 17.7 Å². The smallest absolute Gasteiger partial charge is 0.307 e. The molecule has 1 amide bonds. The molecule has 0 spiro atoms. The third kappa shape index (κ3) is 2.60. The Bertz CT molecular complexity index is 646. The fraction of sp³-hybridized carbons (Fsp3) is 0.333. The number of fused-ring (bicyclic) bond motifs is 2. The molecule has 2 aliphatic rings. The second-order valence-electron chi connectivity index (χ2n) is 5.46. The van der Waals surface area contributed by atoms with Crippen molar-refractivity contribution in [1.29, 1.82) is 0 Å². The molecule has 1 saturated carbocycles. The van der Waals surface area contributed by atoms with Gasteiger partial charge in [0.05, 0.1) is 16.9 Å². The van der Waals surface area contributed by atoms with Crippen molar-refractivity contribution in [2.75, 3.05) is 5.32 Å². The Kier molecular flexibility index (Phi) is 3.80. The quantitative estimate of drug-likeness (QED) is 0.800. The number of halogens is 2. The maximum atomic E-state index is 12.5. The van der Waals surface area contributed by atoms with Crippen molar-refractivity contribution in [2.45, 2.75) is 6.42 Å². The summed E-state index contributed by atoms with van der Waals surface area (Å²) in [6.45, 7) is 0. The molecule has 1 fully saturated rings. The lowest BCUT2D eigenvalue weighted by molar-refractivity contribution is -0.146. The van der Waals surface area contributed by atoms with Gasteiger partial charge in [0.25, 0.3) is 0 Å². The van der Waals surface area contributed by atoms with E-state index in [9.17, 15) is 14.7 Å². The van der Waals surface area contributed by atoms with E-state index < -0.39 is 17.8 Å². The predicted octanol–water partition coefficient (Wildman–Crippen LogP) is 3.56. The lowest BCUT2D eigenvalue weighted by atomic mass is 9.82. The minimum atomic E-state index is -0.899. The number of nitrogens with one attached hydrogen (secondary N) is 1. The lowest BCUT2D eigenvalue weighted by Gasteiger charge is -2.23. The van der Waals surface area contributed by atoms with Crippen LogP contribution >= 0.6 is 27.5 Å². The lowest BCUT2D eigenvalue weighted by Crippen LogP contribution is -2.36. The van der Waals surface area contributed by atoms with Gasteiger partial charge in [-0.1, -0.05) is 23.8 Å². The van der Waals surface area contributed by atoms with E-state index in [1.54, 1.807) is 18.2 Å². The van der Waals surface area contributed by atoms with Crippen LogP contribution in [0, 0.1) is 23.7 Å². The number of carboxylic acids is 1. The molecule has 4 unspecified atom stereocenters. The van der Waals surface area contributed by atoms with Crippen LogP contribution in [0.25, 0.3) is 0 Å². The number of aliphatic carboxylic acids is 1. The zero-order chi connectivity index (χ0) is 15.1. The van der Waals surface area contributed by atoms with Crippen molar-refractivity contribution < 1.29 is 14.7 Å². The van der Waals surface area contributed by atoms with Gasteiger partial charge in [-0.3, -0.25) is 9.59 Å². The molecule has 21 heavy (non-hydrogen) atoms. The standard InChI is InChI=1S/C15H13BrClNO3/c16-10-6-9(3-4-11(10)17)18-14(19)12-7-1-2-8(5-7)13(12)15(20)21/h1-4,6-8,12-13H,5H2,(H,18,19)(H,20,21). The minimum Gasteiger partial charge on any atom is -0.481 e. The van der Waals surface area contributed by atoms with E-state index in [1.165, 1.54) is 0 Å². The number of carbonyl (C=O) groups is 2. The predicted molar refractivity (Wildman–Crippen MR) is 83.1 cm³/mol. The number of hydrogen-bond acceptors (Lipinski definition) is 2. The Balaban J connectivity index is 1.80. The van der Waals surface area contributed by atoms with Crippen LogP contribution in [-0.2, 0) is 9.59 Å². The van der Waals surface area contributed by atoms with Crippen LogP contribution in [0.4, 0.5) is 5.69 Å². The number of allylic oxidation sites excluding steroid dienone is 2. The molecule has 3 rings (SSSR count). The molecule has 0 aromatic heterocycles. The maximum absolute atomic E-state index is 12.5. The van der Waals surface area contributed by atoms with Gasteiger partial charge >= 0.3 is 5.97 Å². The first kappa shape index (κ1) is 14.6. The largest absolute Gasteiger partial charge is 0.481 e. The van der Waals surface area contributed by atoms with Crippen molar-refractivity contribution in [3.05, 3.63) is 39.8 Å². The molecular formula is C15H13BrClNO3. The van der Waals surface area contributed by atoms with Crippen LogP contribution in [0.3, 0.4) is 0 Å². The van der Waals surface area contributed by atoms with Crippen molar-refractivity contribution in [3.8, 4) is 0 Å². The van der Waals surface area contributed by atoms with Gasteiger partial charge in [-0.25, -0.2) is 0 Å². The highest BCUT2D eigenvalue weighted by molar-refractivity contribution is 9.10. The van der Waals surface area contributed by atoms with Crippen molar-refractivity contribution >= 4 is 45.1 Å². The number of carboxylic acid groups (broad SMARTS) is 1. The highest BCUT2D eigenvalue weighted by atomic mass is 79.9. The van der Waals surface area contributed by atoms with Gasteiger partial charge in [0.15, 0.2) is 0 Å². The average molecular weight is 371 g/mol. The Morgan fingerprint density at radius 3 is 2.52 bits per heavy atom. The molecule has 2 N–H and O–H groups in total. The summed E-state index contributed by atoms with van der Waals surface area (Å²) in [5, 5.41) is 12.7. The van der Waals surface area contributed by atoms with E-state index in [4.69, 9.17) is 11.6 Å². The summed E-state index contributed by atoms with van der Waals surface area (Å²) in [4.78, 5) is 23.9. The van der Waals surface area contributed by atoms with Crippen LogP contribution in [0.15, 0.2) is 34.8 Å². The molecule has 2 aliphatic carbocycles. The summed E-state index contributed by atoms with van der Waals surface area (Å²) in [6.07, 6.45) is 4.64. The van der Waals surface area contributed by atoms with E-state index in [0.717, 1.165) is 6.42 Å². The van der Waals surface area contributed by atoms with Gasteiger partial charge in [-0.05, 0) is 52.4 Å². The van der Waals surface area contributed by atoms with Gasteiger partial charge in [-0.15, -0.1) is 0 Å². The molecule has 0 saturated heterocycles. The van der Waals surface area contributed by atoms with Gasteiger partial charge in [0, 0.05) is 10.2 Å². The zero-order valence-corrected chi connectivity index (χ0v) is 13.3. The van der Waals surface area contributed by atoms with Crippen molar-refractivity contribution in [2.24, 2.45) is 23.7 Å². The first-order valence-corrected chi connectivity index (χ1v) is 7.81. The first-order valence-electron chi connectivity index (χ1n) is 6.64. The molecule has 4 nitrogen and oxygen atoms in total. The van der Waals surface area contributed by atoms with E-state index in [0.29, 0.717) is 15.2 Å². The highest BCUT2D eigenvalue weighted by Crippen LogP contribution is 2.48. The van der Waals surface area contributed by atoms with Crippen LogP contribution in [0.5, 0.6) is 0 Å². The van der Waals surface area contributed by atoms with Crippen LogP contribution in [0.1, 0.15) is 6.42 Å². The molecule has 110 valence electrons. The van der Waals surface area contributed by atoms with Crippen LogP contribution in [-0.4, -0.2) is 17.0 Å². The fourth-order valence-electron chi connectivity index (χ4n) is 3.32. The average Bonchev–Trinajstić information content (AvgIpc) is 3.03. The topological polar surface area (TPSA) is 66.4 Å². The second kappa shape index (κ2) is 5.46. The number of rotatable bonds is 3. The number of carbonyl (C=O) groups excluding carboxylic acids is 1. The molecule has 6 heteroatoms.